The Bertz CT molecular complexity index is 299. The molecule has 0 aromatic heterocycles. The third-order valence-corrected chi connectivity index (χ3v) is 3.45. The van der Waals surface area contributed by atoms with Crippen molar-refractivity contribution in [3.05, 3.63) is 0 Å². The SMILES string of the molecule is CCN(CC(=O)NC(C)C)C(=O)CCC1CCNC1. The van der Waals surface area contributed by atoms with Crippen molar-refractivity contribution in [2.75, 3.05) is 26.2 Å². The van der Waals surface area contributed by atoms with Crippen LogP contribution in [-0.4, -0.2) is 48.9 Å². The van der Waals surface area contributed by atoms with Crippen molar-refractivity contribution in [3.63, 3.8) is 0 Å². The average molecular weight is 269 g/mol. The molecule has 5 nitrogen and oxygen atoms in total. The molecule has 0 aromatic rings. The van der Waals surface area contributed by atoms with E-state index in [0.29, 0.717) is 18.9 Å². The van der Waals surface area contributed by atoms with Crippen LogP contribution in [0.15, 0.2) is 0 Å². The average Bonchev–Trinajstić information content (AvgIpc) is 2.85. The lowest BCUT2D eigenvalue weighted by molar-refractivity contribution is -0.136. The van der Waals surface area contributed by atoms with Crippen molar-refractivity contribution in [2.45, 2.75) is 46.1 Å². The molecule has 0 aromatic carbocycles. The van der Waals surface area contributed by atoms with Gasteiger partial charge >= 0.3 is 0 Å². The molecule has 19 heavy (non-hydrogen) atoms. The minimum absolute atomic E-state index is 0.0762. The van der Waals surface area contributed by atoms with Gasteiger partial charge in [0.15, 0.2) is 0 Å². The Morgan fingerprint density at radius 1 is 1.42 bits per heavy atom. The zero-order chi connectivity index (χ0) is 14.3. The molecule has 1 unspecified atom stereocenters. The van der Waals surface area contributed by atoms with Crippen LogP contribution in [0.25, 0.3) is 0 Å². The summed E-state index contributed by atoms with van der Waals surface area (Å²) < 4.78 is 0. The lowest BCUT2D eigenvalue weighted by Crippen LogP contribution is -2.42. The summed E-state index contributed by atoms with van der Waals surface area (Å²) in [7, 11) is 0. The highest BCUT2D eigenvalue weighted by Crippen LogP contribution is 2.15. The number of hydrogen-bond acceptors (Lipinski definition) is 3. The number of likely N-dealkylation sites (N-methyl/N-ethyl adjacent to an activating group) is 1. The van der Waals surface area contributed by atoms with Gasteiger partial charge in [-0.1, -0.05) is 0 Å². The molecule has 1 heterocycles. The normalized spacial score (nSPS) is 18.6. The lowest BCUT2D eigenvalue weighted by Gasteiger charge is -2.21. The molecule has 1 atom stereocenters. The molecule has 1 fully saturated rings. The van der Waals surface area contributed by atoms with Crippen LogP contribution in [0.2, 0.25) is 0 Å². The number of carbonyl (C=O) groups excluding carboxylic acids is 2. The molecule has 1 aliphatic rings. The van der Waals surface area contributed by atoms with Crippen LogP contribution >= 0.6 is 0 Å². The van der Waals surface area contributed by atoms with Crippen molar-refractivity contribution < 1.29 is 9.59 Å². The Balaban J connectivity index is 2.31. The summed E-state index contributed by atoms with van der Waals surface area (Å²) in [4.78, 5) is 25.4. The predicted octanol–water partition coefficient (Wildman–Crippen LogP) is 0.749. The highest BCUT2D eigenvalue weighted by Gasteiger charge is 2.19. The molecule has 1 saturated heterocycles. The maximum Gasteiger partial charge on any atom is 0.239 e. The van der Waals surface area contributed by atoms with E-state index in [1.165, 1.54) is 0 Å². The zero-order valence-corrected chi connectivity index (χ0v) is 12.4. The van der Waals surface area contributed by atoms with Crippen LogP contribution in [0.1, 0.15) is 40.0 Å². The van der Waals surface area contributed by atoms with Gasteiger partial charge in [-0.05, 0) is 52.6 Å². The molecule has 0 aliphatic carbocycles. The van der Waals surface area contributed by atoms with E-state index in [0.717, 1.165) is 25.9 Å². The van der Waals surface area contributed by atoms with Gasteiger partial charge in [-0.3, -0.25) is 9.59 Å². The second kappa shape index (κ2) is 8.15. The Hall–Kier alpha value is -1.10. The van der Waals surface area contributed by atoms with Crippen LogP contribution in [0, 0.1) is 5.92 Å². The number of nitrogens with zero attached hydrogens (tertiary/aromatic N) is 1. The maximum atomic E-state index is 12.1. The van der Waals surface area contributed by atoms with Gasteiger partial charge in [-0.25, -0.2) is 0 Å². The van der Waals surface area contributed by atoms with Crippen molar-refractivity contribution in [3.8, 4) is 0 Å². The monoisotopic (exact) mass is 269 g/mol. The summed E-state index contributed by atoms with van der Waals surface area (Å²) >= 11 is 0. The van der Waals surface area contributed by atoms with E-state index in [4.69, 9.17) is 0 Å². The lowest BCUT2D eigenvalue weighted by atomic mass is 10.0. The molecule has 0 bridgehead atoms. The van der Waals surface area contributed by atoms with Crippen LogP contribution in [0.3, 0.4) is 0 Å². The summed E-state index contributed by atoms with van der Waals surface area (Å²) in [6, 6.07) is 0.117. The Labute approximate surface area is 116 Å². The molecule has 2 amide bonds. The fourth-order valence-electron chi connectivity index (χ4n) is 2.36. The highest BCUT2D eigenvalue weighted by atomic mass is 16.2. The van der Waals surface area contributed by atoms with Gasteiger partial charge in [0.1, 0.15) is 0 Å². The number of amides is 2. The Kier molecular flexibility index (Phi) is 6.84. The first-order chi connectivity index (χ1) is 9.02. The van der Waals surface area contributed by atoms with Crippen LogP contribution in [0.5, 0.6) is 0 Å². The molecule has 1 aliphatic heterocycles. The van der Waals surface area contributed by atoms with Crippen LogP contribution in [0.4, 0.5) is 0 Å². The first kappa shape index (κ1) is 16.0. The minimum Gasteiger partial charge on any atom is -0.352 e. The molecule has 0 radical (unpaired) electrons. The third kappa shape index (κ3) is 6.05. The van der Waals surface area contributed by atoms with Gasteiger partial charge < -0.3 is 15.5 Å². The van der Waals surface area contributed by atoms with Crippen molar-refractivity contribution in [1.29, 1.82) is 0 Å². The van der Waals surface area contributed by atoms with Crippen molar-refractivity contribution >= 4 is 11.8 Å². The van der Waals surface area contributed by atoms with Gasteiger partial charge in [0.05, 0.1) is 6.54 Å². The molecule has 2 N–H and O–H groups in total. The Morgan fingerprint density at radius 3 is 2.68 bits per heavy atom. The van der Waals surface area contributed by atoms with Gasteiger partial charge in [-0.2, -0.15) is 0 Å². The van der Waals surface area contributed by atoms with E-state index in [1.807, 2.05) is 20.8 Å². The fourth-order valence-corrected chi connectivity index (χ4v) is 2.36. The second-order valence-corrected chi connectivity index (χ2v) is 5.53. The Morgan fingerprint density at radius 2 is 2.16 bits per heavy atom. The van der Waals surface area contributed by atoms with Gasteiger partial charge in [0.25, 0.3) is 0 Å². The quantitative estimate of drug-likeness (QED) is 0.717. The molecule has 0 saturated carbocycles. The summed E-state index contributed by atoms with van der Waals surface area (Å²) in [6.07, 6.45) is 2.64. The summed E-state index contributed by atoms with van der Waals surface area (Å²) in [5.41, 5.74) is 0. The number of nitrogens with one attached hydrogen (secondary N) is 2. The minimum atomic E-state index is -0.0762. The zero-order valence-electron chi connectivity index (χ0n) is 12.4. The largest absolute Gasteiger partial charge is 0.352 e. The van der Waals surface area contributed by atoms with E-state index in [-0.39, 0.29) is 24.4 Å². The smallest absolute Gasteiger partial charge is 0.239 e. The number of carbonyl (C=O) groups is 2. The molecule has 1 rings (SSSR count). The van der Waals surface area contributed by atoms with Gasteiger partial charge in [-0.15, -0.1) is 0 Å². The first-order valence-corrected chi connectivity index (χ1v) is 7.30. The van der Waals surface area contributed by atoms with Crippen molar-refractivity contribution in [1.82, 2.24) is 15.5 Å². The second-order valence-electron chi connectivity index (χ2n) is 5.53. The molecular formula is C14H27N3O2. The molecular weight excluding hydrogens is 242 g/mol. The maximum absolute atomic E-state index is 12.1. The molecule has 5 heteroatoms. The predicted molar refractivity (Wildman–Crippen MR) is 75.7 cm³/mol. The van der Waals surface area contributed by atoms with E-state index in [2.05, 4.69) is 10.6 Å². The number of rotatable bonds is 7. The molecule has 0 spiro atoms. The van der Waals surface area contributed by atoms with Gasteiger partial charge in [0, 0.05) is 19.0 Å². The van der Waals surface area contributed by atoms with Crippen LogP contribution in [-0.2, 0) is 9.59 Å². The first-order valence-electron chi connectivity index (χ1n) is 7.30. The van der Waals surface area contributed by atoms with Gasteiger partial charge in [0.2, 0.25) is 11.8 Å². The molecule has 110 valence electrons. The number of hydrogen-bond donors (Lipinski definition) is 2. The van der Waals surface area contributed by atoms with E-state index >= 15 is 0 Å². The summed E-state index contributed by atoms with van der Waals surface area (Å²) in [5.74, 6) is 0.633. The standard InChI is InChI=1S/C14H27N3O2/c1-4-17(10-13(18)16-11(2)3)14(19)6-5-12-7-8-15-9-12/h11-12,15H,4-10H2,1-3H3,(H,16,18). The summed E-state index contributed by atoms with van der Waals surface area (Å²) in [5, 5.41) is 6.12. The van der Waals surface area contributed by atoms with Crippen molar-refractivity contribution in [2.24, 2.45) is 5.92 Å². The van der Waals surface area contributed by atoms with E-state index in [1.54, 1.807) is 4.90 Å². The fraction of sp³-hybridized carbons (Fsp3) is 0.857. The topological polar surface area (TPSA) is 61.4 Å². The van der Waals surface area contributed by atoms with E-state index in [9.17, 15) is 9.59 Å². The van der Waals surface area contributed by atoms with Crippen LogP contribution < -0.4 is 10.6 Å². The third-order valence-electron chi connectivity index (χ3n) is 3.45. The summed E-state index contributed by atoms with van der Waals surface area (Å²) in [6.45, 7) is 8.61. The highest BCUT2D eigenvalue weighted by molar-refractivity contribution is 5.84. The van der Waals surface area contributed by atoms with E-state index < -0.39 is 0 Å².